The molecule has 1 aliphatic heterocycles. The first kappa shape index (κ1) is 10.9. The van der Waals surface area contributed by atoms with E-state index in [9.17, 15) is 9.90 Å². The number of aliphatic hydroxyl groups excluding tert-OH is 1. The van der Waals surface area contributed by atoms with Crippen LogP contribution in [0.15, 0.2) is 0 Å². The largest absolute Gasteiger partial charge is 0.394 e. The van der Waals surface area contributed by atoms with Crippen molar-refractivity contribution in [1.82, 2.24) is 15.1 Å². The number of H-pyrrole nitrogens is 1. The molecule has 1 aromatic rings. The van der Waals surface area contributed by atoms with Crippen molar-refractivity contribution in [1.29, 1.82) is 0 Å². The highest BCUT2D eigenvalue weighted by Gasteiger charge is 2.31. The number of nitrogens with zero attached hydrogens (tertiary/aromatic N) is 2. The van der Waals surface area contributed by atoms with Gasteiger partial charge in [-0.2, -0.15) is 5.10 Å². The second-order valence-electron chi connectivity index (χ2n) is 4.09. The number of amides is 1. The van der Waals surface area contributed by atoms with Crippen molar-refractivity contribution < 1.29 is 9.90 Å². The fourth-order valence-electron chi connectivity index (χ4n) is 2.15. The second-order valence-corrected chi connectivity index (χ2v) is 4.09. The molecule has 1 aliphatic rings. The van der Waals surface area contributed by atoms with Crippen LogP contribution < -0.4 is 5.73 Å². The molecule has 6 nitrogen and oxygen atoms in total. The van der Waals surface area contributed by atoms with Gasteiger partial charge in [0.2, 0.25) is 0 Å². The Bertz CT molecular complexity index is 382. The van der Waals surface area contributed by atoms with E-state index < -0.39 is 0 Å². The summed E-state index contributed by atoms with van der Waals surface area (Å²) in [4.78, 5) is 13.9. The maximum atomic E-state index is 12.2. The third-order valence-corrected chi connectivity index (χ3v) is 3.04. The van der Waals surface area contributed by atoms with Gasteiger partial charge in [0.1, 0.15) is 5.56 Å². The minimum absolute atomic E-state index is 0.00252. The molecule has 1 fully saturated rings. The van der Waals surface area contributed by atoms with Crippen LogP contribution in [0, 0.1) is 6.92 Å². The van der Waals surface area contributed by atoms with E-state index >= 15 is 0 Å². The molecule has 6 heteroatoms. The van der Waals surface area contributed by atoms with Gasteiger partial charge in [0.25, 0.3) is 5.91 Å². The molecule has 88 valence electrons. The number of anilines is 1. The van der Waals surface area contributed by atoms with Gasteiger partial charge in [-0.05, 0) is 19.8 Å². The second kappa shape index (κ2) is 4.13. The van der Waals surface area contributed by atoms with Crippen LogP contribution in [0.2, 0.25) is 0 Å². The summed E-state index contributed by atoms with van der Waals surface area (Å²) in [6.45, 7) is 2.44. The molecule has 1 atom stereocenters. The zero-order valence-electron chi connectivity index (χ0n) is 9.23. The van der Waals surface area contributed by atoms with Crippen LogP contribution in [0.5, 0.6) is 0 Å². The van der Waals surface area contributed by atoms with Crippen LogP contribution in [0.1, 0.15) is 28.9 Å². The molecule has 0 bridgehead atoms. The third-order valence-electron chi connectivity index (χ3n) is 3.04. The van der Waals surface area contributed by atoms with Crippen molar-refractivity contribution in [3.05, 3.63) is 11.3 Å². The highest BCUT2D eigenvalue weighted by Crippen LogP contribution is 2.22. The third kappa shape index (κ3) is 1.65. The molecule has 1 unspecified atom stereocenters. The van der Waals surface area contributed by atoms with Crippen molar-refractivity contribution in [3.63, 3.8) is 0 Å². The van der Waals surface area contributed by atoms with Crippen molar-refractivity contribution >= 4 is 11.7 Å². The van der Waals surface area contributed by atoms with E-state index in [1.165, 1.54) is 0 Å². The molecule has 1 aromatic heterocycles. The molecule has 0 aromatic carbocycles. The lowest BCUT2D eigenvalue weighted by atomic mass is 10.2. The fourth-order valence-corrected chi connectivity index (χ4v) is 2.15. The molecular formula is C10H16N4O2. The minimum atomic E-state index is -0.139. The van der Waals surface area contributed by atoms with Gasteiger partial charge in [0.15, 0.2) is 5.82 Å². The Morgan fingerprint density at radius 2 is 2.50 bits per heavy atom. The van der Waals surface area contributed by atoms with Gasteiger partial charge in [-0.15, -0.1) is 0 Å². The number of hydrogen-bond acceptors (Lipinski definition) is 4. The number of carbonyl (C=O) groups excluding carboxylic acids is 1. The molecule has 1 saturated heterocycles. The van der Waals surface area contributed by atoms with Crippen LogP contribution in [0.25, 0.3) is 0 Å². The van der Waals surface area contributed by atoms with Gasteiger partial charge in [-0.1, -0.05) is 0 Å². The Morgan fingerprint density at radius 1 is 1.75 bits per heavy atom. The first-order valence-corrected chi connectivity index (χ1v) is 5.37. The highest BCUT2D eigenvalue weighted by atomic mass is 16.3. The van der Waals surface area contributed by atoms with E-state index in [1.807, 2.05) is 0 Å². The normalized spacial score (nSPS) is 20.4. The summed E-state index contributed by atoms with van der Waals surface area (Å²) in [7, 11) is 0. The number of carbonyl (C=O) groups is 1. The van der Waals surface area contributed by atoms with Crippen LogP contribution in [-0.2, 0) is 0 Å². The molecular weight excluding hydrogens is 208 g/mol. The molecule has 4 N–H and O–H groups in total. The Labute approximate surface area is 93.4 Å². The zero-order valence-corrected chi connectivity index (χ0v) is 9.23. The number of nitrogens with one attached hydrogen (secondary N) is 1. The van der Waals surface area contributed by atoms with Gasteiger partial charge >= 0.3 is 0 Å². The number of aliphatic hydroxyl groups is 1. The number of nitrogen functional groups attached to an aromatic ring is 1. The van der Waals surface area contributed by atoms with Gasteiger partial charge in [0, 0.05) is 12.2 Å². The number of rotatable bonds is 2. The summed E-state index contributed by atoms with van der Waals surface area (Å²) >= 11 is 0. The average Bonchev–Trinajstić information content (AvgIpc) is 2.85. The number of hydrogen-bond donors (Lipinski definition) is 3. The van der Waals surface area contributed by atoms with Gasteiger partial charge < -0.3 is 15.7 Å². The molecule has 2 rings (SSSR count). The quantitative estimate of drug-likeness (QED) is 0.653. The molecule has 0 radical (unpaired) electrons. The predicted octanol–water partition coefficient (Wildman–Crippen LogP) is -0.103. The number of likely N-dealkylation sites (tertiary alicyclic amines) is 1. The van der Waals surface area contributed by atoms with Gasteiger partial charge in [-0.25, -0.2) is 0 Å². The average molecular weight is 224 g/mol. The zero-order chi connectivity index (χ0) is 11.7. The van der Waals surface area contributed by atoms with Gasteiger partial charge in [-0.3, -0.25) is 9.89 Å². The summed E-state index contributed by atoms with van der Waals surface area (Å²) in [5.41, 5.74) is 6.75. The maximum Gasteiger partial charge on any atom is 0.259 e. The van der Waals surface area contributed by atoms with E-state index in [-0.39, 0.29) is 24.4 Å². The summed E-state index contributed by atoms with van der Waals surface area (Å²) in [5.74, 6) is 0.0892. The molecule has 1 amide bonds. The maximum absolute atomic E-state index is 12.2. The fraction of sp³-hybridized carbons (Fsp3) is 0.600. The number of aryl methyl sites for hydroxylation is 1. The SMILES string of the molecule is Cc1[nH]nc(N)c1C(=O)N1CCCC1CO. The molecule has 16 heavy (non-hydrogen) atoms. The van der Waals surface area contributed by atoms with Crippen molar-refractivity contribution in [2.45, 2.75) is 25.8 Å². The lowest BCUT2D eigenvalue weighted by Gasteiger charge is -2.22. The van der Waals surface area contributed by atoms with Crippen molar-refractivity contribution in [3.8, 4) is 0 Å². The van der Waals surface area contributed by atoms with E-state index in [1.54, 1.807) is 11.8 Å². The van der Waals surface area contributed by atoms with E-state index in [0.29, 0.717) is 17.8 Å². The molecule has 0 aliphatic carbocycles. The van der Waals surface area contributed by atoms with Crippen LogP contribution in [0.3, 0.4) is 0 Å². The summed E-state index contributed by atoms with van der Waals surface area (Å²) in [6, 6.07) is -0.0822. The van der Waals surface area contributed by atoms with Crippen molar-refractivity contribution in [2.75, 3.05) is 18.9 Å². The Morgan fingerprint density at radius 3 is 3.06 bits per heavy atom. The predicted molar refractivity (Wildman–Crippen MR) is 58.9 cm³/mol. The van der Waals surface area contributed by atoms with Gasteiger partial charge in [0.05, 0.1) is 12.6 Å². The monoisotopic (exact) mass is 224 g/mol. The lowest BCUT2D eigenvalue weighted by Crippen LogP contribution is -2.38. The first-order chi connectivity index (χ1) is 7.65. The molecule has 0 spiro atoms. The Hall–Kier alpha value is -1.56. The minimum Gasteiger partial charge on any atom is -0.394 e. The Balaban J connectivity index is 2.25. The van der Waals surface area contributed by atoms with Crippen LogP contribution >= 0.6 is 0 Å². The van der Waals surface area contributed by atoms with Crippen molar-refractivity contribution in [2.24, 2.45) is 0 Å². The molecule has 2 heterocycles. The number of aromatic nitrogens is 2. The van der Waals surface area contributed by atoms with Crippen LogP contribution in [0.4, 0.5) is 5.82 Å². The molecule has 0 saturated carbocycles. The highest BCUT2D eigenvalue weighted by molar-refractivity contribution is 5.99. The lowest BCUT2D eigenvalue weighted by molar-refractivity contribution is 0.0678. The topological polar surface area (TPSA) is 95.2 Å². The number of aromatic amines is 1. The van der Waals surface area contributed by atoms with E-state index in [4.69, 9.17) is 5.73 Å². The number of nitrogens with two attached hydrogens (primary N) is 1. The standard InChI is InChI=1S/C10H16N4O2/c1-6-8(9(11)13-12-6)10(16)14-4-2-3-7(14)5-15/h7,15H,2-5H2,1H3,(H3,11,12,13). The first-order valence-electron chi connectivity index (χ1n) is 5.37. The summed E-state index contributed by atoms with van der Waals surface area (Å²) < 4.78 is 0. The van der Waals surface area contributed by atoms with E-state index in [0.717, 1.165) is 12.8 Å². The van der Waals surface area contributed by atoms with Crippen LogP contribution in [-0.4, -0.2) is 45.3 Å². The summed E-state index contributed by atoms with van der Waals surface area (Å²) in [5, 5.41) is 15.7. The van der Waals surface area contributed by atoms with E-state index in [2.05, 4.69) is 10.2 Å². The summed E-state index contributed by atoms with van der Waals surface area (Å²) in [6.07, 6.45) is 1.77. The smallest absolute Gasteiger partial charge is 0.259 e. The Kier molecular flexibility index (Phi) is 2.82.